The minimum Gasteiger partial charge on any atom is -0.371 e. The highest BCUT2D eigenvalue weighted by molar-refractivity contribution is 6.43. The number of piperidine rings is 1. The summed E-state index contributed by atoms with van der Waals surface area (Å²) in [4.78, 5) is 23.8. The standard InChI is InChI=1S/C46H45Cl2F3N6O2/c1-55-15-12-24(13-16-55)42-31-20-38(37-19-28(22-56(37)46(58)25-10-11-25)59-23-32-34(49)8-3-9-35(32)50)57(44-27-18-36(44)53-21-27)45(31)30-17-26(5-4-14-52)39(41(51)43(30)54-42)29-6-2-7-33(47)40(29)48/h2-3,6-9,17,20,24-25,27-28,36-37,44,53H,4-5,10-13,15-16,18-19,21-23H2,1H3. The van der Waals surface area contributed by atoms with Crippen molar-refractivity contribution in [1.29, 1.82) is 5.26 Å². The van der Waals surface area contributed by atoms with Gasteiger partial charge in [0.05, 0.1) is 52.1 Å². The Morgan fingerprint density at radius 1 is 1.02 bits per heavy atom. The third-order valence-electron chi connectivity index (χ3n) is 13.7. The number of nitrogens with zero attached hydrogens (tertiary/aromatic N) is 5. The molecule has 5 unspecified atom stereocenters. The number of benzene rings is 3. The number of likely N-dealkylation sites (tertiary alicyclic amines) is 2. The molecule has 6 heterocycles. The van der Waals surface area contributed by atoms with Crippen molar-refractivity contribution >= 4 is 50.9 Å². The second-order valence-electron chi connectivity index (χ2n) is 17.3. The lowest BCUT2D eigenvalue weighted by Gasteiger charge is -2.39. The number of aryl methyl sites for hydroxylation is 1. The number of ether oxygens (including phenoxy) is 1. The first kappa shape index (κ1) is 39.0. The summed E-state index contributed by atoms with van der Waals surface area (Å²) in [6, 6.07) is 15.3. The second kappa shape index (κ2) is 15.4. The molecule has 11 rings (SSSR count). The van der Waals surface area contributed by atoms with Crippen LogP contribution in [0.5, 0.6) is 0 Å². The van der Waals surface area contributed by atoms with Gasteiger partial charge in [-0.1, -0.05) is 41.4 Å². The van der Waals surface area contributed by atoms with Crippen molar-refractivity contribution in [3.8, 4) is 17.2 Å². The maximum atomic E-state index is 17.8. The average Bonchev–Trinajstić information content (AvgIpc) is 3.50. The van der Waals surface area contributed by atoms with E-state index in [2.05, 4.69) is 34.0 Å². The first-order valence-corrected chi connectivity index (χ1v) is 21.6. The van der Waals surface area contributed by atoms with Crippen molar-refractivity contribution in [3.05, 3.63) is 98.5 Å². The molecule has 2 saturated carbocycles. The lowest BCUT2D eigenvalue weighted by atomic mass is 9.79. The molecular formula is C46H45Cl2F3N6O2. The van der Waals surface area contributed by atoms with Crippen molar-refractivity contribution < 1.29 is 22.7 Å². The van der Waals surface area contributed by atoms with E-state index in [0.717, 1.165) is 74.0 Å². The topological polar surface area (TPSA) is 86.4 Å². The van der Waals surface area contributed by atoms with E-state index in [1.54, 1.807) is 18.2 Å². The highest BCUT2D eigenvalue weighted by Crippen LogP contribution is 2.52. The van der Waals surface area contributed by atoms with Crippen LogP contribution in [0.25, 0.3) is 32.9 Å². The summed E-state index contributed by atoms with van der Waals surface area (Å²) < 4.78 is 55.9. The monoisotopic (exact) mass is 840 g/mol. The van der Waals surface area contributed by atoms with Gasteiger partial charge in [-0.25, -0.2) is 18.2 Å². The predicted octanol–water partition coefficient (Wildman–Crippen LogP) is 9.65. The van der Waals surface area contributed by atoms with E-state index in [0.29, 0.717) is 46.0 Å². The molecule has 0 spiro atoms. The summed E-state index contributed by atoms with van der Waals surface area (Å²) in [5.41, 5.74) is 4.18. The Kier molecular flexibility index (Phi) is 10.2. The van der Waals surface area contributed by atoms with Crippen LogP contribution >= 0.6 is 23.2 Å². The van der Waals surface area contributed by atoms with Gasteiger partial charge >= 0.3 is 0 Å². The number of rotatable bonds is 10. The van der Waals surface area contributed by atoms with Crippen LogP contribution in [-0.4, -0.2) is 70.6 Å². The number of hydrogen-bond acceptors (Lipinski definition) is 6. The predicted molar refractivity (Wildman–Crippen MR) is 222 cm³/mol. The van der Waals surface area contributed by atoms with Crippen LogP contribution in [0.3, 0.4) is 0 Å². The van der Waals surface area contributed by atoms with Crippen LogP contribution in [-0.2, 0) is 22.6 Å². The lowest BCUT2D eigenvalue weighted by molar-refractivity contribution is -0.134. The Morgan fingerprint density at radius 3 is 2.47 bits per heavy atom. The number of nitriles is 1. The van der Waals surface area contributed by atoms with Gasteiger partial charge in [0.2, 0.25) is 5.91 Å². The van der Waals surface area contributed by atoms with Crippen LogP contribution in [0.1, 0.15) is 85.5 Å². The quantitative estimate of drug-likeness (QED) is 0.151. The van der Waals surface area contributed by atoms with Gasteiger partial charge in [-0.05, 0) is 100 Å². The minimum absolute atomic E-state index is 0.0523. The SMILES string of the molecule is CN1CCC(c2nc3c(F)c(-c4cccc(Cl)c4Cl)c(CCC#N)cc3c3c2cc(C2CC(OCc4c(F)cccc4F)CN2C(=O)C2CC2)n3C2C3CNC2C3)CC1. The number of carbonyl (C=O) groups excluding carboxylic acids is 1. The molecule has 2 bridgehead atoms. The van der Waals surface area contributed by atoms with Gasteiger partial charge in [-0.3, -0.25) is 4.79 Å². The molecule has 8 nitrogen and oxygen atoms in total. The van der Waals surface area contributed by atoms with Crippen LogP contribution in [0, 0.1) is 40.6 Å². The molecule has 2 aromatic heterocycles. The van der Waals surface area contributed by atoms with E-state index in [4.69, 9.17) is 32.9 Å². The van der Waals surface area contributed by atoms with Crippen molar-refractivity contribution in [2.24, 2.45) is 11.8 Å². The van der Waals surface area contributed by atoms with Gasteiger partial charge in [0.25, 0.3) is 0 Å². The van der Waals surface area contributed by atoms with Gasteiger partial charge < -0.3 is 24.4 Å². The van der Waals surface area contributed by atoms with Crippen molar-refractivity contribution in [1.82, 2.24) is 24.7 Å². The van der Waals surface area contributed by atoms with Crippen molar-refractivity contribution in [2.75, 3.05) is 33.2 Å². The molecule has 59 heavy (non-hydrogen) atoms. The molecule has 5 aromatic rings. The summed E-state index contributed by atoms with van der Waals surface area (Å²) in [6.07, 6.45) is 4.81. The number of fused-ring (bicyclic) bond motifs is 4. The Hall–Kier alpha value is -4.18. The molecule has 13 heteroatoms. The third-order valence-corrected chi connectivity index (χ3v) is 14.5. The maximum Gasteiger partial charge on any atom is 0.226 e. The van der Waals surface area contributed by atoms with Gasteiger partial charge in [0.15, 0.2) is 5.82 Å². The van der Waals surface area contributed by atoms with Gasteiger partial charge in [-0.15, -0.1) is 0 Å². The third kappa shape index (κ3) is 6.70. The summed E-state index contributed by atoms with van der Waals surface area (Å²) in [6.45, 7) is 2.66. The van der Waals surface area contributed by atoms with E-state index >= 15 is 4.39 Å². The highest BCUT2D eigenvalue weighted by atomic mass is 35.5. The van der Waals surface area contributed by atoms with Gasteiger partial charge in [0.1, 0.15) is 17.2 Å². The van der Waals surface area contributed by atoms with E-state index in [1.165, 1.54) is 18.2 Å². The minimum atomic E-state index is -0.665. The Balaban J connectivity index is 1.20. The summed E-state index contributed by atoms with van der Waals surface area (Å²) >= 11 is 13.3. The van der Waals surface area contributed by atoms with E-state index < -0.39 is 23.6 Å². The molecule has 4 saturated heterocycles. The molecule has 2 aliphatic carbocycles. The Morgan fingerprint density at radius 2 is 1.78 bits per heavy atom. The fourth-order valence-corrected chi connectivity index (χ4v) is 10.8. The van der Waals surface area contributed by atoms with Crippen LogP contribution in [0.15, 0.2) is 48.5 Å². The zero-order valence-corrected chi connectivity index (χ0v) is 34.3. The molecule has 6 fully saturated rings. The molecule has 6 aliphatic rings. The molecule has 0 radical (unpaired) electrons. The van der Waals surface area contributed by atoms with Gasteiger partial charge in [-0.2, -0.15) is 5.26 Å². The molecule has 1 N–H and O–H groups in total. The number of nitrogens with one attached hydrogen (secondary N) is 1. The molecule has 5 atom stereocenters. The first-order chi connectivity index (χ1) is 28.6. The zero-order chi connectivity index (χ0) is 40.7. The van der Waals surface area contributed by atoms with Gasteiger partial charge in [0, 0.05) is 77.0 Å². The fraction of sp³-hybridized carbons (Fsp3) is 0.457. The lowest BCUT2D eigenvalue weighted by Crippen LogP contribution is -2.41. The normalized spacial score (nSPS) is 24.6. The molecule has 3 aromatic carbocycles. The number of aromatic nitrogens is 2. The second-order valence-corrected chi connectivity index (χ2v) is 18.1. The largest absolute Gasteiger partial charge is 0.371 e. The molecule has 4 aliphatic heterocycles. The van der Waals surface area contributed by atoms with E-state index in [-0.39, 0.29) is 71.4 Å². The van der Waals surface area contributed by atoms with Crippen molar-refractivity contribution in [2.45, 2.75) is 88.1 Å². The van der Waals surface area contributed by atoms with Crippen LogP contribution in [0.4, 0.5) is 13.2 Å². The van der Waals surface area contributed by atoms with Crippen LogP contribution < -0.4 is 5.32 Å². The molecule has 306 valence electrons. The summed E-state index contributed by atoms with van der Waals surface area (Å²) in [7, 11) is 2.11. The maximum absolute atomic E-state index is 17.8. The number of pyridine rings is 1. The number of amides is 1. The summed E-state index contributed by atoms with van der Waals surface area (Å²) in [5.74, 6) is -1.43. The Bertz CT molecular complexity index is 2510. The fourth-order valence-electron chi connectivity index (χ4n) is 10.4. The number of halogens is 5. The number of carbonyl (C=O) groups is 1. The van der Waals surface area contributed by atoms with E-state index in [1.807, 2.05) is 11.0 Å². The highest BCUT2D eigenvalue weighted by Gasteiger charge is 2.51. The Labute approximate surface area is 351 Å². The number of hydrogen-bond donors (Lipinski definition) is 1. The average molecular weight is 842 g/mol. The summed E-state index contributed by atoms with van der Waals surface area (Å²) in [5, 5.41) is 15.6. The molecular weight excluding hydrogens is 796 g/mol. The zero-order valence-electron chi connectivity index (χ0n) is 32.8. The molecule has 1 amide bonds. The van der Waals surface area contributed by atoms with Crippen molar-refractivity contribution in [3.63, 3.8) is 0 Å². The van der Waals surface area contributed by atoms with E-state index in [9.17, 15) is 18.8 Å². The first-order valence-electron chi connectivity index (χ1n) is 20.9. The van der Waals surface area contributed by atoms with Crippen LogP contribution in [0.2, 0.25) is 10.0 Å². The smallest absolute Gasteiger partial charge is 0.226 e.